The summed E-state index contributed by atoms with van der Waals surface area (Å²) in [5, 5.41) is 2.54. The lowest BCUT2D eigenvalue weighted by atomic mass is 10.1. The highest BCUT2D eigenvalue weighted by atomic mass is 32.1. The summed E-state index contributed by atoms with van der Waals surface area (Å²) in [4.78, 5) is 15.9. The predicted molar refractivity (Wildman–Crippen MR) is 91.0 cm³/mol. The molecule has 4 nitrogen and oxygen atoms in total. The van der Waals surface area contributed by atoms with E-state index in [4.69, 9.17) is 0 Å². The van der Waals surface area contributed by atoms with Crippen molar-refractivity contribution >= 4 is 17.3 Å². The van der Waals surface area contributed by atoms with Crippen molar-refractivity contribution < 1.29 is 27.4 Å². The fourth-order valence-electron chi connectivity index (χ4n) is 2.23. The molecule has 0 unspecified atom stereocenters. The Morgan fingerprint density at radius 2 is 1.62 bits per heavy atom. The van der Waals surface area contributed by atoms with E-state index in [1.807, 2.05) is 5.38 Å². The maximum absolute atomic E-state index is 12.2. The third-order valence-electron chi connectivity index (χ3n) is 3.44. The third-order valence-corrected chi connectivity index (χ3v) is 4.33. The normalized spacial score (nSPS) is 11.2. The lowest BCUT2D eigenvalue weighted by molar-refractivity contribution is -0.274. The van der Waals surface area contributed by atoms with E-state index in [9.17, 15) is 18.0 Å². The van der Waals surface area contributed by atoms with Crippen molar-refractivity contribution in [3.05, 3.63) is 59.5 Å². The maximum atomic E-state index is 12.2. The predicted octanol–water partition coefficient (Wildman–Crippen LogP) is 5.16. The molecule has 0 saturated heterocycles. The number of carbonyl (C=O) groups is 1. The number of alkyl halides is 3. The molecule has 0 spiro atoms. The first-order chi connectivity index (χ1) is 12.4. The summed E-state index contributed by atoms with van der Waals surface area (Å²) >= 11 is 1.39. The molecular weight excluding hydrogens is 367 g/mol. The number of halogens is 3. The molecule has 26 heavy (non-hydrogen) atoms. The fraction of sp³-hybridized carbons (Fsp3) is 0.111. The Labute approximate surface area is 150 Å². The van der Waals surface area contributed by atoms with Crippen LogP contribution in [0.15, 0.2) is 53.9 Å². The highest BCUT2D eigenvalue weighted by molar-refractivity contribution is 7.13. The van der Waals surface area contributed by atoms with Gasteiger partial charge in [0.15, 0.2) is 0 Å². The molecular formula is C18H12F3NO3S. The molecule has 0 radical (unpaired) electrons. The minimum Gasteiger partial charge on any atom is -0.465 e. The molecule has 1 aromatic heterocycles. The monoisotopic (exact) mass is 379 g/mol. The number of esters is 1. The number of methoxy groups -OCH3 is 1. The van der Waals surface area contributed by atoms with E-state index in [1.165, 1.54) is 42.7 Å². The largest absolute Gasteiger partial charge is 0.573 e. The Balaban J connectivity index is 1.78. The molecule has 0 fully saturated rings. The summed E-state index contributed by atoms with van der Waals surface area (Å²) in [5.41, 5.74) is 2.58. The van der Waals surface area contributed by atoms with E-state index in [0.29, 0.717) is 16.8 Å². The molecule has 2 aromatic carbocycles. The molecule has 0 atom stereocenters. The molecule has 1 heterocycles. The number of ether oxygens (including phenoxy) is 2. The van der Waals surface area contributed by atoms with Gasteiger partial charge in [0.05, 0.1) is 18.4 Å². The van der Waals surface area contributed by atoms with Crippen LogP contribution in [0.4, 0.5) is 13.2 Å². The molecule has 0 aliphatic rings. The van der Waals surface area contributed by atoms with Crippen LogP contribution in [-0.4, -0.2) is 24.4 Å². The van der Waals surface area contributed by atoms with Gasteiger partial charge in [0.1, 0.15) is 10.8 Å². The minimum absolute atomic E-state index is 0.282. The molecule has 0 saturated carbocycles. The van der Waals surface area contributed by atoms with Crippen LogP contribution in [0.1, 0.15) is 10.4 Å². The summed E-state index contributed by atoms with van der Waals surface area (Å²) in [6.45, 7) is 0. The smallest absolute Gasteiger partial charge is 0.465 e. The first kappa shape index (κ1) is 17.9. The van der Waals surface area contributed by atoms with Crippen molar-refractivity contribution in [2.75, 3.05) is 7.11 Å². The topological polar surface area (TPSA) is 48.4 Å². The van der Waals surface area contributed by atoms with Crippen molar-refractivity contribution in [1.29, 1.82) is 0 Å². The van der Waals surface area contributed by atoms with Gasteiger partial charge in [0.2, 0.25) is 0 Å². The van der Waals surface area contributed by atoms with Crippen molar-refractivity contribution in [1.82, 2.24) is 4.98 Å². The van der Waals surface area contributed by atoms with E-state index in [-0.39, 0.29) is 5.75 Å². The van der Waals surface area contributed by atoms with Gasteiger partial charge in [-0.05, 0) is 36.4 Å². The van der Waals surface area contributed by atoms with Crippen LogP contribution < -0.4 is 4.74 Å². The number of aromatic nitrogens is 1. The Bertz CT molecular complexity index is 903. The molecule has 3 rings (SSSR count). The van der Waals surface area contributed by atoms with E-state index in [1.54, 1.807) is 24.3 Å². The highest BCUT2D eigenvalue weighted by Gasteiger charge is 2.31. The minimum atomic E-state index is -4.72. The maximum Gasteiger partial charge on any atom is 0.573 e. The van der Waals surface area contributed by atoms with Crippen LogP contribution in [0.5, 0.6) is 5.75 Å². The Morgan fingerprint density at radius 1 is 1.00 bits per heavy atom. The fourth-order valence-corrected chi connectivity index (χ4v) is 3.07. The van der Waals surface area contributed by atoms with Crippen LogP contribution in [0, 0.1) is 0 Å². The molecule has 0 aliphatic carbocycles. The number of nitrogens with zero attached hydrogens (tertiary/aromatic N) is 1. The van der Waals surface area contributed by atoms with E-state index in [0.717, 1.165) is 10.6 Å². The SMILES string of the molecule is COC(=O)c1ccc(-c2nc(-c3ccc(OC(F)(F)F)cc3)cs2)cc1. The average molecular weight is 379 g/mol. The van der Waals surface area contributed by atoms with Crippen LogP contribution in [-0.2, 0) is 4.74 Å². The van der Waals surface area contributed by atoms with Gasteiger partial charge in [-0.3, -0.25) is 0 Å². The molecule has 0 N–H and O–H groups in total. The van der Waals surface area contributed by atoms with E-state index >= 15 is 0 Å². The summed E-state index contributed by atoms with van der Waals surface area (Å²) < 4.78 is 45.1. The summed E-state index contributed by atoms with van der Waals surface area (Å²) in [5.74, 6) is -0.701. The first-order valence-electron chi connectivity index (χ1n) is 7.36. The molecule has 8 heteroatoms. The summed E-state index contributed by atoms with van der Waals surface area (Å²) in [6, 6.07) is 12.3. The zero-order valence-corrected chi connectivity index (χ0v) is 14.2. The molecule has 3 aromatic rings. The third kappa shape index (κ3) is 4.20. The lowest BCUT2D eigenvalue weighted by Gasteiger charge is -2.08. The molecule has 0 bridgehead atoms. The van der Waals surface area contributed by atoms with Crippen LogP contribution >= 0.6 is 11.3 Å². The van der Waals surface area contributed by atoms with E-state index < -0.39 is 12.3 Å². The van der Waals surface area contributed by atoms with Gasteiger partial charge in [-0.1, -0.05) is 12.1 Å². The van der Waals surface area contributed by atoms with Crippen LogP contribution in [0.25, 0.3) is 21.8 Å². The highest BCUT2D eigenvalue weighted by Crippen LogP contribution is 2.31. The average Bonchev–Trinajstić information content (AvgIpc) is 3.10. The van der Waals surface area contributed by atoms with Gasteiger partial charge < -0.3 is 9.47 Å². The zero-order chi connectivity index (χ0) is 18.7. The number of benzene rings is 2. The molecule has 0 aliphatic heterocycles. The number of thiazole rings is 1. The van der Waals surface area contributed by atoms with E-state index in [2.05, 4.69) is 14.5 Å². The molecule has 0 amide bonds. The number of carbonyl (C=O) groups excluding carboxylic acids is 1. The summed E-state index contributed by atoms with van der Waals surface area (Å²) in [6.07, 6.45) is -4.72. The second kappa shape index (κ2) is 7.17. The first-order valence-corrected chi connectivity index (χ1v) is 8.24. The van der Waals surface area contributed by atoms with Gasteiger partial charge in [-0.25, -0.2) is 9.78 Å². The van der Waals surface area contributed by atoms with Crippen molar-refractivity contribution in [2.45, 2.75) is 6.36 Å². The van der Waals surface area contributed by atoms with Gasteiger partial charge in [-0.2, -0.15) is 0 Å². The van der Waals surface area contributed by atoms with Gasteiger partial charge in [0, 0.05) is 16.5 Å². The second-order valence-electron chi connectivity index (χ2n) is 5.18. The van der Waals surface area contributed by atoms with Crippen molar-refractivity contribution in [3.63, 3.8) is 0 Å². The Kier molecular flexibility index (Phi) is 4.94. The van der Waals surface area contributed by atoms with Gasteiger partial charge in [0.25, 0.3) is 0 Å². The summed E-state index contributed by atoms with van der Waals surface area (Å²) in [7, 11) is 1.31. The number of hydrogen-bond donors (Lipinski definition) is 0. The second-order valence-corrected chi connectivity index (χ2v) is 6.04. The Morgan fingerprint density at radius 3 is 2.19 bits per heavy atom. The van der Waals surface area contributed by atoms with Gasteiger partial charge >= 0.3 is 12.3 Å². The molecule has 134 valence electrons. The quantitative estimate of drug-likeness (QED) is 0.588. The van der Waals surface area contributed by atoms with Crippen LogP contribution in [0.3, 0.4) is 0 Å². The number of hydrogen-bond acceptors (Lipinski definition) is 5. The standard InChI is InChI=1S/C18H12F3NO3S/c1-24-17(23)13-4-2-12(3-5-13)16-22-15(10-26-16)11-6-8-14(9-7-11)25-18(19,20)21/h2-10H,1H3. The lowest BCUT2D eigenvalue weighted by Crippen LogP contribution is -2.16. The zero-order valence-electron chi connectivity index (χ0n) is 13.4. The van der Waals surface area contributed by atoms with Gasteiger partial charge in [-0.15, -0.1) is 24.5 Å². The Hall–Kier alpha value is -2.87. The van der Waals surface area contributed by atoms with Crippen molar-refractivity contribution in [2.24, 2.45) is 0 Å². The number of rotatable bonds is 4. The van der Waals surface area contributed by atoms with Crippen molar-refractivity contribution in [3.8, 4) is 27.6 Å². The van der Waals surface area contributed by atoms with Crippen LogP contribution in [0.2, 0.25) is 0 Å².